The van der Waals surface area contributed by atoms with Crippen LogP contribution in [0.25, 0.3) is 0 Å². The predicted molar refractivity (Wildman–Crippen MR) is 85.0 cm³/mol. The highest BCUT2D eigenvalue weighted by Crippen LogP contribution is 2.39. The van der Waals surface area contributed by atoms with Gasteiger partial charge in [-0.2, -0.15) is 0 Å². The number of hydrogen-bond acceptors (Lipinski definition) is 3. The lowest BCUT2D eigenvalue weighted by molar-refractivity contribution is 0.0315. The molecule has 0 spiro atoms. The number of halogens is 3. The highest BCUT2D eigenvalue weighted by atomic mass is 79.9. The molecule has 1 aliphatic heterocycles. The molecule has 1 fully saturated rings. The minimum Gasteiger partial charge on any atom is -0.485 e. The van der Waals surface area contributed by atoms with Crippen molar-refractivity contribution >= 4 is 22.0 Å². The maximum absolute atomic E-state index is 14.0. The molecule has 4 nitrogen and oxygen atoms in total. The molecule has 1 saturated heterocycles. The highest BCUT2D eigenvalue weighted by Gasteiger charge is 2.38. The van der Waals surface area contributed by atoms with Crippen LogP contribution in [0.1, 0.15) is 38.9 Å². The molecule has 1 N–H and O–H groups in total. The number of alkyl carbamates (subject to hydrolysis) is 1. The predicted octanol–water partition coefficient (Wildman–Crippen LogP) is 4.56. The number of rotatable bonds is 2. The molecule has 0 aromatic heterocycles. The lowest BCUT2D eigenvalue weighted by Gasteiger charge is -2.24. The lowest BCUT2D eigenvalue weighted by atomic mass is 10.0. The second-order valence-corrected chi connectivity index (χ2v) is 6.76. The molecule has 1 aromatic rings. The van der Waals surface area contributed by atoms with Crippen molar-refractivity contribution < 1.29 is 23.0 Å². The third-order valence-corrected chi connectivity index (χ3v) is 3.65. The van der Waals surface area contributed by atoms with Crippen LogP contribution < -0.4 is 5.32 Å². The van der Waals surface area contributed by atoms with E-state index < -0.39 is 35.5 Å². The zero-order valence-electron chi connectivity index (χ0n) is 13.0. The summed E-state index contributed by atoms with van der Waals surface area (Å²) in [5.74, 6) is -0.705. The quantitative estimate of drug-likeness (QED) is 0.806. The van der Waals surface area contributed by atoms with E-state index >= 15 is 0 Å². The maximum Gasteiger partial charge on any atom is 0.407 e. The molecule has 0 saturated carbocycles. The number of ether oxygens (including phenoxy) is 2. The first-order chi connectivity index (χ1) is 10.7. The smallest absolute Gasteiger partial charge is 0.407 e. The normalized spacial score (nSPS) is 22.8. The number of benzene rings is 1. The summed E-state index contributed by atoms with van der Waals surface area (Å²) in [6.45, 7) is 5.44. The number of carbonyl (C=O) groups is 1. The van der Waals surface area contributed by atoms with Gasteiger partial charge in [0.15, 0.2) is 12.2 Å². The molecule has 0 unspecified atom stereocenters. The van der Waals surface area contributed by atoms with Crippen molar-refractivity contribution in [2.24, 2.45) is 0 Å². The zero-order chi connectivity index (χ0) is 17.2. The Morgan fingerprint density at radius 3 is 2.74 bits per heavy atom. The molecule has 1 heterocycles. The Morgan fingerprint density at radius 1 is 1.43 bits per heavy atom. The Balaban J connectivity index is 2.22. The fourth-order valence-corrected chi connectivity index (χ4v) is 2.53. The fraction of sp³-hybridized carbons (Fsp3) is 0.438. The molecular formula is C16H18BrF2NO3. The van der Waals surface area contributed by atoms with Crippen molar-refractivity contribution in [3.8, 4) is 0 Å². The van der Waals surface area contributed by atoms with Gasteiger partial charge in [0.2, 0.25) is 0 Å². The summed E-state index contributed by atoms with van der Waals surface area (Å²) >= 11 is 3.14. The van der Waals surface area contributed by atoms with Gasteiger partial charge in [0, 0.05) is 22.5 Å². The van der Waals surface area contributed by atoms with Crippen LogP contribution in [0.4, 0.5) is 13.6 Å². The van der Waals surface area contributed by atoms with Crippen molar-refractivity contribution in [1.29, 1.82) is 0 Å². The van der Waals surface area contributed by atoms with Gasteiger partial charge >= 0.3 is 6.09 Å². The van der Waals surface area contributed by atoms with Crippen LogP contribution in [-0.2, 0) is 9.47 Å². The average molecular weight is 390 g/mol. The van der Waals surface area contributed by atoms with Gasteiger partial charge in [0.05, 0.1) is 0 Å². The van der Waals surface area contributed by atoms with Gasteiger partial charge < -0.3 is 14.8 Å². The molecule has 2 atom stereocenters. The van der Waals surface area contributed by atoms with E-state index in [-0.39, 0.29) is 12.0 Å². The summed E-state index contributed by atoms with van der Waals surface area (Å²) in [7, 11) is 0. The van der Waals surface area contributed by atoms with E-state index in [1.807, 2.05) is 20.8 Å². The molecule has 0 radical (unpaired) electrons. The van der Waals surface area contributed by atoms with Gasteiger partial charge in [-0.15, -0.1) is 0 Å². The van der Waals surface area contributed by atoms with E-state index in [4.69, 9.17) is 9.47 Å². The second kappa shape index (κ2) is 6.86. The molecule has 0 bridgehead atoms. The topological polar surface area (TPSA) is 47.6 Å². The summed E-state index contributed by atoms with van der Waals surface area (Å²) in [5.41, 5.74) is -0.451. The maximum atomic E-state index is 14.0. The Labute approximate surface area is 142 Å². The van der Waals surface area contributed by atoms with E-state index in [9.17, 15) is 13.6 Å². The Bertz CT molecular complexity index is 628. The molecule has 126 valence electrons. The Hall–Kier alpha value is -1.63. The molecule has 1 aliphatic rings. The molecule has 2 rings (SSSR count). The van der Waals surface area contributed by atoms with Crippen LogP contribution in [0, 0.1) is 11.6 Å². The average Bonchev–Trinajstić information content (AvgIpc) is 2.82. The third-order valence-electron chi connectivity index (χ3n) is 3.14. The van der Waals surface area contributed by atoms with Crippen molar-refractivity contribution in [3.63, 3.8) is 0 Å². The van der Waals surface area contributed by atoms with Crippen LogP contribution in [0.5, 0.6) is 0 Å². The molecule has 23 heavy (non-hydrogen) atoms. The van der Waals surface area contributed by atoms with Crippen molar-refractivity contribution in [3.05, 3.63) is 46.1 Å². The van der Waals surface area contributed by atoms with E-state index in [0.29, 0.717) is 5.76 Å². The van der Waals surface area contributed by atoms with Crippen molar-refractivity contribution in [1.82, 2.24) is 5.32 Å². The zero-order valence-corrected chi connectivity index (χ0v) is 14.6. The van der Waals surface area contributed by atoms with Crippen molar-refractivity contribution in [2.45, 2.75) is 44.9 Å². The van der Waals surface area contributed by atoms with E-state index in [2.05, 4.69) is 21.2 Å². The van der Waals surface area contributed by atoms with E-state index in [0.717, 1.165) is 18.2 Å². The molecule has 0 aliphatic carbocycles. The van der Waals surface area contributed by atoms with Crippen molar-refractivity contribution in [2.75, 3.05) is 0 Å². The highest BCUT2D eigenvalue weighted by molar-refractivity contribution is 9.11. The summed E-state index contributed by atoms with van der Waals surface area (Å²) in [4.78, 5) is 13.5. The first-order valence-corrected chi connectivity index (χ1v) is 8.01. The van der Waals surface area contributed by atoms with Crippen LogP contribution in [-0.4, -0.2) is 17.7 Å². The monoisotopic (exact) mass is 389 g/mol. The first kappa shape index (κ1) is 17.7. The standard InChI is InChI=1S/C16H18BrF2NO3/c1-16(2,3)20-15(21)23-13-7-10(8-17)22-14(13)11-6-9(18)4-5-12(11)19/h4-6,8,13-14H,7H2,1-3H3,(H,20,21)/t13-,14-/m0/s1. The van der Waals surface area contributed by atoms with Crippen LogP contribution in [0.3, 0.4) is 0 Å². The van der Waals surface area contributed by atoms with Gasteiger partial charge in [-0.1, -0.05) is 15.9 Å². The van der Waals surface area contributed by atoms with E-state index in [1.165, 1.54) is 4.99 Å². The van der Waals surface area contributed by atoms with Gasteiger partial charge in [-0.3, -0.25) is 0 Å². The summed E-state index contributed by atoms with van der Waals surface area (Å²) < 4.78 is 38.4. The second-order valence-electron chi connectivity index (χ2n) is 6.30. The number of nitrogens with one attached hydrogen (secondary N) is 1. The fourth-order valence-electron chi connectivity index (χ4n) is 2.24. The molecule has 1 amide bonds. The first-order valence-electron chi connectivity index (χ1n) is 7.09. The summed E-state index contributed by atoms with van der Waals surface area (Å²) in [5, 5.41) is 2.66. The largest absolute Gasteiger partial charge is 0.485 e. The van der Waals surface area contributed by atoms with Gasteiger partial charge in [0.1, 0.15) is 17.4 Å². The third kappa shape index (κ3) is 4.67. The lowest BCUT2D eigenvalue weighted by Crippen LogP contribution is -2.42. The minimum absolute atomic E-state index is 0.0166. The van der Waals surface area contributed by atoms with Gasteiger partial charge in [-0.05, 0) is 39.0 Å². The minimum atomic E-state index is -0.903. The van der Waals surface area contributed by atoms with Crippen LogP contribution >= 0.6 is 15.9 Å². The number of hydrogen-bond donors (Lipinski definition) is 1. The van der Waals surface area contributed by atoms with Crippen LogP contribution in [0.15, 0.2) is 28.9 Å². The molecule has 7 heteroatoms. The van der Waals surface area contributed by atoms with E-state index in [1.54, 1.807) is 0 Å². The Kier molecular flexibility index (Phi) is 5.29. The molecular weight excluding hydrogens is 372 g/mol. The van der Waals surface area contributed by atoms with Crippen LogP contribution in [0.2, 0.25) is 0 Å². The number of amides is 1. The molecule has 1 aromatic carbocycles. The SMILES string of the molecule is CC(C)(C)NC(=O)O[C@H]1CC(=CBr)O[C@H]1c1cc(F)ccc1F. The van der Waals surface area contributed by atoms with Gasteiger partial charge in [0.25, 0.3) is 0 Å². The summed E-state index contributed by atoms with van der Waals surface area (Å²) in [6, 6.07) is 3.10. The summed E-state index contributed by atoms with van der Waals surface area (Å²) in [6.07, 6.45) is -2.02. The van der Waals surface area contributed by atoms with Gasteiger partial charge in [-0.25, -0.2) is 13.6 Å². The Morgan fingerprint density at radius 2 is 2.13 bits per heavy atom. The number of carbonyl (C=O) groups excluding carboxylic acids is 1.